The molecule has 118 valence electrons. The molecule has 23 heavy (non-hydrogen) atoms. The Morgan fingerprint density at radius 2 is 2.26 bits per heavy atom. The predicted molar refractivity (Wildman–Crippen MR) is 87.8 cm³/mol. The van der Waals surface area contributed by atoms with E-state index in [4.69, 9.17) is 4.74 Å². The molecule has 2 N–H and O–H groups in total. The number of hydrogen-bond donors (Lipinski definition) is 2. The maximum atomic E-state index is 12.3. The van der Waals surface area contributed by atoms with Gasteiger partial charge in [-0.2, -0.15) is 0 Å². The minimum Gasteiger partial charge on any atom is -0.481 e. The number of ether oxygens (including phenoxy) is 1. The number of carbonyl (C=O) groups excluding carboxylic acids is 2. The van der Waals surface area contributed by atoms with E-state index in [-0.39, 0.29) is 11.8 Å². The SMILES string of the molecule is COc1cc(CNC(=O)c2ccc3c(c2)NC(=O)CS3)ccn1. The summed E-state index contributed by atoms with van der Waals surface area (Å²) in [6.45, 7) is 0.371. The van der Waals surface area contributed by atoms with Crippen LogP contribution in [0.1, 0.15) is 15.9 Å². The van der Waals surface area contributed by atoms with E-state index in [9.17, 15) is 9.59 Å². The largest absolute Gasteiger partial charge is 0.481 e. The van der Waals surface area contributed by atoms with Crippen LogP contribution in [0.5, 0.6) is 5.88 Å². The van der Waals surface area contributed by atoms with Crippen molar-refractivity contribution in [2.45, 2.75) is 11.4 Å². The van der Waals surface area contributed by atoms with Gasteiger partial charge in [0.1, 0.15) is 0 Å². The van der Waals surface area contributed by atoms with Gasteiger partial charge in [-0.3, -0.25) is 9.59 Å². The third-order valence-corrected chi connectivity index (χ3v) is 4.41. The minimum absolute atomic E-state index is 0.0519. The van der Waals surface area contributed by atoms with Crippen molar-refractivity contribution < 1.29 is 14.3 Å². The van der Waals surface area contributed by atoms with Gasteiger partial charge in [0.2, 0.25) is 11.8 Å². The fourth-order valence-electron chi connectivity index (χ4n) is 2.18. The molecule has 1 aromatic heterocycles. The minimum atomic E-state index is -0.201. The van der Waals surface area contributed by atoms with Crippen LogP contribution >= 0.6 is 11.8 Å². The van der Waals surface area contributed by atoms with Crippen molar-refractivity contribution in [3.63, 3.8) is 0 Å². The summed E-state index contributed by atoms with van der Waals surface area (Å²) < 4.78 is 5.05. The molecule has 2 heterocycles. The Balaban J connectivity index is 1.68. The highest BCUT2D eigenvalue weighted by molar-refractivity contribution is 8.00. The Morgan fingerprint density at radius 3 is 3.09 bits per heavy atom. The van der Waals surface area contributed by atoms with Crippen LogP contribution in [0.4, 0.5) is 5.69 Å². The number of benzene rings is 1. The highest BCUT2D eigenvalue weighted by Gasteiger charge is 2.17. The zero-order valence-corrected chi connectivity index (χ0v) is 13.3. The van der Waals surface area contributed by atoms with Gasteiger partial charge in [-0.15, -0.1) is 11.8 Å². The molecular weight excluding hydrogens is 314 g/mol. The molecule has 0 bridgehead atoms. The van der Waals surface area contributed by atoms with Crippen molar-refractivity contribution in [2.75, 3.05) is 18.2 Å². The quantitative estimate of drug-likeness (QED) is 0.897. The van der Waals surface area contributed by atoms with Crippen molar-refractivity contribution >= 4 is 29.3 Å². The summed E-state index contributed by atoms with van der Waals surface area (Å²) >= 11 is 1.47. The summed E-state index contributed by atoms with van der Waals surface area (Å²) in [5, 5.41) is 5.62. The number of pyridine rings is 1. The van der Waals surface area contributed by atoms with Gasteiger partial charge in [0.05, 0.1) is 18.6 Å². The standard InChI is InChI=1S/C16H15N3O3S/c1-22-15-6-10(4-5-17-15)8-18-16(21)11-2-3-13-12(7-11)19-14(20)9-23-13/h2-7H,8-9H2,1H3,(H,18,21)(H,19,20). The average Bonchev–Trinajstić information content (AvgIpc) is 2.59. The van der Waals surface area contributed by atoms with Gasteiger partial charge in [-0.05, 0) is 29.8 Å². The zero-order valence-electron chi connectivity index (χ0n) is 12.5. The molecule has 2 aromatic rings. The molecule has 1 aromatic carbocycles. The summed E-state index contributed by atoms with van der Waals surface area (Å²) in [6.07, 6.45) is 1.63. The molecule has 0 unspecified atom stereocenters. The van der Waals surface area contributed by atoms with Crippen molar-refractivity contribution in [3.05, 3.63) is 47.7 Å². The molecule has 0 spiro atoms. The van der Waals surface area contributed by atoms with Gasteiger partial charge in [0.15, 0.2) is 0 Å². The van der Waals surface area contributed by atoms with Gasteiger partial charge in [-0.25, -0.2) is 4.98 Å². The summed E-state index contributed by atoms with van der Waals surface area (Å²) in [5.74, 6) is 0.658. The number of rotatable bonds is 4. The van der Waals surface area contributed by atoms with Crippen LogP contribution in [0, 0.1) is 0 Å². The van der Waals surface area contributed by atoms with Crippen LogP contribution in [-0.2, 0) is 11.3 Å². The Bertz CT molecular complexity index is 764. The first-order valence-electron chi connectivity index (χ1n) is 6.99. The molecule has 0 saturated carbocycles. The normalized spacial score (nSPS) is 13.0. The van der Waals surface area contributed by atoms with Gasteiger partial charge in [-0.1, -0.05) is 0 Å². The molecule has 1 aliphatic heterocycles. The summed E-state index contributed by atoms with van der Waals surface area (Å²) in [5.41, 5.74) is 2.09. The number of hydrogen-bond acceptors (Lipinski definition) is 5. The third kappa shape index (κ3) is 3.62. The van der Waals surface area contributed by atoms with E-state index in [0.29, 0.717) is 29.4 Å². The number of aromatic nitrogens is 1. The van der Waals surface area contributed by atoms with Gasteiger partial charge < -0.3 is 15.4 Å². The Labute approximate surface area is 137 Å². The van der Waals surface area contributed by atoms with E-state index >= 15 is 0 Å². The van der Waals surface area contributed by atoms with Crippen LogP contribution in [0.2, 0.25) is 0 Å². The highest BCUT2D eigenvalue weighted by atomic mass is 32.2. The predicted octanol–water partition coefficient (Wildman–Crippen LogP) is 2.06. The second-order valence-corrected chi connectivity index (χ2v) is 5.95. The number of methoxy groups -OCH3 is 1. The molecule has 7 heteroatoms. The zero-order chi connectivity index (χ0) is 16.2. The number of nitrogens with zero attached hydrogens (tertiary/aromatic N) is 1. The second kappa shape index (κ2) is 6.70. The molecule has 0 fully saturated rings. The first-order chi connectivity index (χ1) is 11.2. The molecule has 1 aliphatic rings. The smallest absolute Gasteiger partial charge is 0.251 e. The molecule has 0 aliphatic carbocycles. The van der Waals surface area contributed by atoms with E-state index < -0.39 is 0 Å². The average molecular weight is 329 g/mol. The lowest BCUT2D eigenvalue weighted by atomic mass is 10.1. The van der Waals surface area contributed by atoms with Crippen molar-refractivity contribution in [2.24, 2.45) is 0 Å². The van der Waals surface area contributed by atoms with E-state index in [1.54, 1.807) is 31.5 Å². The summed E-state index contributed by atoms with van der Waals surface area (Å²) in [4.78, 5) is 28.7. The van der Waals surface area contributed by atoms with E-state index in [2.05, 4.69) is 15.6 Å². The first kappa shape index (κ1) is 15.4. The molecule has 0 saturated heterocycles. The van der Waals surface area contributed by atoms with Crippen LogP contribution in [-0.4, -0.2) is 29.7 Å². The van der Waals surface area contributed by atoms with Crippen LogP contribution in [0.15, 0.2) is 41.4 Å². The van der Waals surface area contributed by atoms with Gasteiger partial charge >= 0.3 is 0 Å². The van der Waals surface area contributed by atoms with Crippen LogP contribution < -0.4 is 15.4 Å². The van der Waals surface area contributed by atoms with Crippen molar-refractivity contribution in [3.8, 4) is 5.88 Å². The molecule has 0 radical (unpaired) electrons. The van der Waals surface area contributed by atoms with Crippen molar-refractivity contribution in [1.29, 1.82) is 0 Å². The molecular formula is C16H15N3O3S. The number of carbonyl (C=O) groups is 2. The van der Waals surface area contributed by atoms with Crippen LogP contribution in [0.3, 0.4) is 0 Å². The fourth-order valence-corrected chi connectivity index (χ4v) is 2.97. The first-order valence-corrected chi connectivity index (χ1v) is 7.98. The molecule has 6 nitrogen and oxygen atoms in total. The lowest BCUT2D eigenvalue weighted by Crippen LogP contribution is -2.24. The second-order valence-electron chi connectivity index (χ2n) is 4.94. The van der Waals surface area contributed by atoms with E-state index in [0.717, 1.165) is 10.5 Å². The van der Waals surface area contributed by atoms with Crippen LogP contribution in [0.25, 0.3) is 0 Å². The maximum Gasteiger partial charge on any atom is 0.251 e. The topological polar surface area (TPSA) is 80.3 Å². The Morgan fingerprint density at radius 1 is 1.39 bits per heavy atom. The fraction of sp³-hybridized carbons (Fsp3) is 0.188. The van der Waals surface area contributed by atoms with Crippen molar-refractivity contribution in [1.82, 2.24) is 10.3 Å². The maximum absolute atomic E-state index is 12.3. The summed E-state index contributed by atoms with van der Waals surface area (Å²) in [6, 6.07) is 8.88. The van der Waals surface area contributed by atoms with Gasteiger partial charge in [0.25, 0.3) is 5.91 Å². The highest BCUT2D eigenvalue weighted by Crippen LogP contribution is 2.31. The molecule has 3 rings (SSSR count). The Hall–Kier alpha value is -2.54. The lowest BCUT2D eigenvalue weighted by Gasteiger charge is -2.17. The van der Waals surface area contributed by atoms with Gasteiger partial charge in [0, 0.05) is 29.3 Å². The number of fused-ring (bicyclic) bond motifs is 1. The molecule has 0 atom stereocenters. The molecule has 2 amide bonds. The number of thioether (sulfide) groups is 1. The van der Waals surface area contributed by atoms with E-state index in [1.165, 1.54) is 11.8 Å². The number of nitrogens with one attached hydrogen (secondary N) is 2. The number of amides is 2. The summed E-state index contributed by atoms with van der Waals surface area (Å²) in [7, 11) is 1.55. The lowest BCUT2D eigenvalue weighted by molar-refractivity contribution is -0.113. The third-order valence-electron chi connectivity index (χ3n) is 3.34. The Kier molecular flexibility index (Phi) is 4.47. The monoisotopic (exact) mass is 329 g/mol. The number of anilines is 1. The van der Waals surface area contributed by atoms with E-state index in [1.807, 2.05) is 12.1 Å².